The van der Waals surface area contributed by atoms with Crippen molar-refractivity contribution in [2.45, 2.75) is 19.3 Å². The summed E-state index contributed by atoms with van der Waals surface area (Å²) in [4.78, 5) is 0. The van der Waals surface area contributed by atoms with Crippen molar-refractivity contribution in [1.29, 1.82) is 0 Å². The summed E-state index contributed by atoms with van der Waals surface area (Å²) in [7, 11) is 0. The van der Waals surface area contributed by atoms with Crippen LogP contribution in [0.25, 0.3) is 0 Å². The van der Waals surface area contributed by atoms with Gasteiger partial charge < -0.3 is 15.5 Å². The summed E-state index contributed by atoms with van der Waals surface area (Å²) in [6, 6.07) is 7.33. The van der Waals surface area contributed by atoms with Crippen LogP contribution in [0.2, 0.25) is 0 Å². The number of rotatable bonds is 7. The molecule has 0 aliphatic rings. The van der Waals surface area contributed by atoms with E-state index in [2.05, 4.69) is 5.32 Å². The first-order chi connectivity index (χ1) is 7.33. The van der Waals surface area contributed by atoms with Crippen molar-refractivity contribution in [3.8, 4) is 5.75 Å². The highest BCUT2D eigenvalue weighted by Crippen LogP contribution is 2.10. The first kappa shape index (κ1) is 12.0. The van der Waals surface area contributed by atoms with Gasteiger partial charge in [-0.3, -0.25) is 0 Å². The van der Waals surface area contributed by atoms with Gasteiger partial charge in [0.15, 0.2) is 0 Å². The van der Waals surface area contributed by atoms with Crippen molar-refractivity contribution < 1.29 is 10.2 Å². The van der Waals surface area contributed by atoms with Crippen LogP contribution in [0.5, 0.6) is 5.75 Å². The molecule has 0 heterocycles. The Kier molecular flexibility index (Phi) is 5.81. The summed E-state index contributed by atoms with van der Waals surface area (Å²) < 4.78 is 0. The van der Waals surface area contributed by atoms with Crippen LogP contribution in [0.3, 0.4) is 0 Å². The molecule has 3 N–H and O–H groups in total. The average Bonchev–Trinajstić information content (AvgIpc) is 2.26. The van der Waals surface area contributed by atoms with Gasteiger partial charge in [0.05, 0.1) is 0 Å². The molecule has 0 bridgehead atoms. The van der Waals surface area contributed by atoms with Gasteiger partial charge in [-0.25, -0.2) is 0 Å². The van der Waals surface area contributed by atoms with Crippen molar-refractivity contribution in [1.82, 2.24) is 5.32 Å². The largest absolute Gasteiger partial charge is 0.508 e. The Hall–Kier alpha value is -1.06. The quantitative estimate of drug-likeness (QED) is 0.593. The molecule has 3 heteroatoms. The summed E-state index contributed by atoms with van der Waals surface area (Å²) in [5, 5.41) is 20.9. The van der Waals surface area contributed by atoms with E-state index in [9.17, 15) is 0 Å². The number of hydrogen-bond donors (Lipinski definition) is 3. The van der Waals surface area contributed by atoms with Crippen LogP contribution in [0, 0.1) is 0 Å². The van der Waals surface area contributed by atoms with Crippen molar-refractivity contribution >= 4 is 0 Å². The predicted octanol–water partition coefficient (Wildman–Crippen LogP) is 1.30. The zero-order chi connectivity index (χ0) is 10.9. The van der Waals surface area contributed by atoms with Crippen LogP contribution < -0.4 is 5.32 Å². The van der Waals surface area contributed by atoms with Crippen LogP contribution in [0.1, 0.15) is 18.4 Å². The zero-order valence-electron chi connectivity index (χ0n) is 8.95. The monoisotopic (exact) mass is 209 g/mol. The summed E-state index contributed by atoms with van der Waals surface area (Å²) >= 11 is 0. The first-order valence-electron chi connectivity index (χ1n) is 5.42. The lowest BCUT2D eigenvalue weighted by Gasteiger charge is -2.03. The average molecular weight is 209 g/mol. The number of phenols is 1. The van der Waals surface area contributed by atoms with E-state index in [1.54, 1.807) is 12.1 Å². The molecule has 0 spiro atoms. The van der Waals surface area contributed by atoms with E-state index in [-0.39, 0.29) is 6.61 Å². The van der Waals surface area contributed by atoms with E-state index in [0.29, 0.717) is 5.75 Å². The van der Waals surface area contributed by atoms with Crippen molar-refractivity contribution in [2.75, 3.05) is 19.7 Å². The number of nitrogens with one attached hydrogen (secondary N) is 1. The molecular weight excluding hydrogens is 190 g/mol. The van der Waals surface area contributed by atoms with Crippen molar-refractivity contribution in [3.63, 3.8) is 0 Å². The van der Waals surface area contributed by atoms with Crippen LogP contribution in [-0.4, -0.2) is 29.9 Å². The minimum Gasteiger partial charge on any atom is -0.508 e. The minimum absolute atomic E-state index is 0.255. The molecule has 0 fully saturated rings. The van der Waals surface area contributed by atoms with Gasteiger partial charge in [0, 0.05) is 6.61 Å². The Morgan fingerprint density at radius 3 is 2.33 bits per heavy atom. The van der Waals surface area contributed by atoms with E-state index >= 15 is 0 Å². The number of benzene rings is 1. The third kappa shape index (κ3) is 5.40. The SMILES string of the molecule is OCCCNCCCc1ccc(O)cc1. The Labute approximate surface area is 90.8 Å². The second-order valence-corrected chi connectivity index (χ2v) is 3.60. The molecule has 84 valence electrons. The zero-order valence-corrected chi connectivity index (χ0v) is 8.95. The standard InChI is InChI=1S/C12H19NO2/c14-10-2-9-13-8-1-3-11-4-6-12(15)7-5-11/h4-7,13-15H,1-3,8-10H2. The van der Waals surface area contributed by atoms with Gasteiger partial charge in [-0.2, -0.15) is 0 Å². The highest BCUT2D eigenvalue weighted by Gasteiger charge is 1.93. The van der Waals surface area contributed by atoms with Crippen LogP contribution >= 0.6 is 0 Å². The lowest BCUT2D eigenvalue weighted by Crippen LogP contribution is -2.18. The maximum Gasteiger partial charge on any atom is 0.115 e. The Balaban J connectivity index is 2.07. The number of aliphatic hydroxyl groups is 1. The van der Waals surface area contributed by atoms with Gasteiger partial charge in [-0.15, -0.1) is 0 Å². The molecule has 0 amide bonds. The van der Waals surface area contributed by atoms with Gasteiger partial charge in [0.1, 0.15) is 5.75 Å². The van der Waals surface area contributed by atoms with E-state index in [0.717, 1.165) is 32.4 Å². The summed E-state index contributed by atoms with van der Waals surface area (Å²) in [6.07, 6.45) is 2.92. The first-order valence-corrected chi connectivity index (χ1v) is 5.42. The second kappa shape index (κ2) is 7.26. The molecule has 1 aromatic carbocycles. The molecule has 1 aromatic rings. The van der Waals surface area contributed by atoms with E-state index in [1.807, 2.05) is 12.1 Å². The molecule has 0 aliphatic heterocycles. The third-order valence-electron chi connectivity index (χ3n) is 2.27. The summed E-state index contributed by atoms with van der Waals surface area (Å²) in [5.41, 5.74) is 1.25. The van der Waals surface area contributed by atoms with Gasteiger partial charge in [-0.1, -0.05) is 12.1 Å². The second-order valence-electron chi connectivity index (χ2n) is 3.60. The third-order valence-corrected chi connectivity index (χ3v) is 2.27. The number of phenolic OH excluding ortho intramolecular Hbond substituents is 1. The van der Waals surface area contributed by atoms with E-state index < -0.39 is 0 Å². The maximum atomic E-state index is 9.09. The maximum absolute atomic E-state index is 9.09. The molecule has 3 nitrogen and oxygen atoms in total. The number of aryl methyl sites for hydroxylation is 1. The molecule has 15 heavy (non-hydrogen) atoms. The fraction of sp³-hybridized carbons (Fsp3) is 0.500. The number of hydrogen-bond acceptors (Lipinski definition) is 3. The topological polar surface area (TPSA) is 52.5 Å². The highest BCUT2D eigenvalue weighted by atomic mass is 16.3. The Morgan fingerprint density at radius 2 is 1.67 bits per heavy atom. The van der Waals surface area contributed by atoms with E-state index in [1.165, 1.54) is 5.56 Å². The van der Waals surface area contributed by atoms with Gasteiger partial charge >= 0.3 is 0 Å². The Bertz CT molecular complexity index is 259. The smallest absolute Gasteiger partial charge is 0.115 e. The van der Waals surface area contributed by atoms with Crippen LogP contribution in [-0.2, 0) is 6.42 Å². The summed E-state index contributed by atoms with van der Waals surface area (Å²) in [6.45, 7) is 2.11. The van der Waals surface area contributed by atoms with Crippen LogP contribution in [0.4, 0.5) is 0 Å². The summed E-state index contributed by atoms with van der Waals surface area (Å²) in [5.74, 6) is 0.319. The fourth-order valence-electron chi connectivity index (χ4n) is 1.41. The number of aliphatic hydroxyl groups excluding tert-OH is 1. The molecule has 0 saturated heterocycles. The fourth-order valence-corrected chi connectivity index (χ4v) is 1.41. The molecular formula is C12H19NO2. The lowest BCUT2D eigenvalue weighted by atomic mass is 10.1. The van der Waals surface area contributed by atoms with Crippen molar-refractivity contribution in [2.24, 2.45) is 0 Å². The van der Waals surface area contributed by atoms with Gasteiger partial charge in [0.2, 0.25) is 0 Å². The predicted molar refractivity (Wildman–Crippen MR) is 61.0 cm³/mol. The molecule has 1 rings (SSSR count). The van der Waals surface area contributed by atoms with Gasteiger partial charge in [0.25, 0.3) is 0 Å². The Morgan fingerprint density at radius 1 is 1.00 bits per heavy atom. The number of aromatic hydroxyl groups is 1. The minimum atomic E-state index is 0.255. The highest BCUT2D eigenvalue weighted by molar-refractivity contribution is 5.25. The molecule has 0 saturated carbocycles. The molecule has 0 radical (unpaired) electrons. The van der Waals surface area contributed by atoms with Gasteiger partial charge in [-0.05, 0) is 50.0 Å². The molecule has 0 aromatic heterocycles. The molecule has 0 atom stereocenters. The lowest BCUT2D eigenvalue weighted by molar-refractivity contribution is 0.286. The van der Waals surface area contributed by atoms with Crippen molar-refractivity contribution in [3.05, 3.63) is 29.8 Å². The van der Waals surface area contributed by atoms with Crippen LogP contribution in [0.15, 0.2) is 24.3 Å². The normalized spacial score (nSPS) is 10.5. The molecule has 0 aliphatic carbocycles. The molecule has 0 unspecified atom stereocenters. The van der Waals surface area contributed by atoms with E-state index in [4.69, 9.17) is 10.2 Å².